The highest BCUT2D eigenvalue weighted by Crippen LogP contribution is 2.44. The number of halogens is 1. The van der Waals surface area contributed by atoms with Crippen molar-refractivity contribution in [2.24, 2.45) is 11.8 Å². The van der Waals surface area contributed by atoms with E-state index in [-0.39, 0.29) is 36.2 Å². The van der Waals surface area contributed by atoms with E-state index in [1.807, 2.05) is 12.1 Å². The fourth-order valence-corrected chi connectivity index (χ4v) is 6.48. The Hall–Kier alpha value is -2.76. The molecule has 1 aliphatic heterocycles. The lowest BCUT2D eigenvalue weighted by Gasteiger charge is -2.43. The summed E-state index contributed by atoms with van der Waals surface area (Å²) >= 11 is 0. The maximum absolute atomic E-state index is 14.2. The van der Waals surface area contributed by atoms with Gasteiger partial charge in [0.1, 0.15) is 18.2 Å². The van der Waals surface area contributed by atoms with Crippen molar-refractivity contribution in [3.05, 3.63) is 53.3 Å². The van der Waals surface area contributed by atoms with Crippen LogP contribution in [-0.4, -0.2) is 24.2 Å². The molecule has 0 bridgehead atoms. The molecule has 2 unspecified atom stereocenters. The van der Waals surface area contributed by atoms with Crippen LogP contribution in [0.3, 0.4) is 0 Å². The summed E-state index contributed by atoms with van der Waals surface area (Å²) in [7, 11) is 0. The van der Waals surface area contributed by atoms with Gasteiger partial charge in [0.25, 0.3) is 0 Å². The van der Waals surface area contributed by atoms with Gasteiger partial charge in [-0.15, -0.1) is 0 Å². The van der Waals surface area contributed by atoms with Crippen LogP contribution in [0.25, 0.3) is 0 Å². The Labute approximate surface area is 214 Å². The molecule has 2 aromatic carbocycles. The Morgan fingerprint density at radius 1 is 1.00 bits per heavy atom. The van der Waals surface area contributed by atoms with E-state index in [0.29, 0.717) is 5.69 Å². The van der Waals surface area contributed by atoms with E-state index in [2.05, 4.69) is 35.9 Å². The number of amides is 1. The standard InChI is InChI=1S/C30H40FN3O2/c1-20-10-9-15-27(21(20)2)36-19-30(33-25-17-16-23(31)18-26(25)34-30)28(22-11-5-3-6-12-22)29(35)32-24-13-7-4-8-14-24/h9-10,15-18,22,24,28,33-34H,3-8,11-14,19H2,1-2H3,(H,32,35). The van der Waals surface area contributed by atoms with Gasteiger partial charge in [0, 0.05) is 6.04 Å². The van der Waals surface area contributed by atoms with Crippen LogP contribution >= 0.6 is 0 Å². The van der Waals surface area contributed by atoms with Gasteiger partial charge in [0.2, 0.25) is 5.91 Å². The predicted molar refractivity (Wildman–Crippen MR) is 143 cm³/mol. The van der Waals surface area contributed by atoms with E-state index in [4.69, 9.17) is 4.74 Å². The SMILES string of the molecule is Cc1cccc(OCC2(C(C(=O)NC3CCCCC3)C3CCCCC3)Nc3ccc(F)cc3N2)c1C. The zero-order valence-electron chi connectivity index (χ0n) is 21.7. The number of rotatable bonds is 7. The second kappa shape index (κ2) is 10.7. The van der Waals surface area contributed by atoms with Crippen molar-refractivity contribution in [3.8, 4) is 5.75 Å². The first-order valence-electron chi connectivity index (χ1n) is 13.8. The number of carbonyl (C=O) groups is 1. The van der Waals surface area contributed by atoms with Crippen LogP contribution in [0.5, 0.6) is 5.75 Å². The molecule has 36 heavy (non-hydrogen) atoms. The number of hydrogen-bond acceptors (Lipinski definition) is 4. The molecule has 1 amide bonds. The van der Waals surface area contributed by atoms with Crippen LogP contribution < -0.4 is 20.7 Å². The van der Waals surface area contributed by atoms with E-state index < -0.39 is 5.66 Å². The average Bonchev–Trinajstić information content (AvgIpc) is 3.24. The zero-order chi connectivity index (χ0) is 25.1. The molecule has 2 atom stereocenters. The van der Waals surface area contributed by atoms with E-state index in [1.165, 1.54) is 37.8 Å². The molecular weight excluding hydrogens is 453 g/mol. The molecule has 6 heteroatoms. The summed E-state index contributed by atoms with van der Waals surface area (Å²) in [6.07, 6.45) is 11.2. The summed E-state index contributed by atoms with van der Waals surface area (Å²) in [4.78, 5) is 14.1. The van der Waals surface area contributed by atoms with E-state index in [1.54, 1.807) is 6.07 Å². The highest BCUT2D eigenvalue weighted by atomic mass is 19.1. The summed E-state index contributed by atoms with van der Waals surface area (Å²) < 4.78 is 20.7. The van der Waals surface area contributed by atoms with Crippen molar-refractivity contribution >= 4 is 17.3 Å². The van der Waals surface area contributed by atoms with Crippen LogP contribution in [0.4, 0.5) is 15.8 Å². The molecule has 0 spiro atoms. The van der Waals surface area contributed by atoms with Crippen molar-refractivity contribution in [3.63, 3.8) is 0 Å². The Bertz CT molecular complexity index is 1080. The highest BCUT2D eigenvalue weighted by Gasteiger charge is 2.51. The summed E-state index contributed by atoms with van der Waals surface area (Å²) in [5, 5.41) is 10.6. The second-order valence-electron chi connectivity index (χ2n) is 11.1. The van der Waals surface area contributed by atoms with E-state index >= 15 is 0 Å². The van der Waals surface area contributed by atoms with Gasteiger partial charge in [-0.1, -0.05) is 50.7 Å². The maximum Gasteiger partial charge on any atom is 0.228 e. The molecule has 2 aliphatic carbocycles. The molecule has 3 N–H and O–H groups in total. The quantitative estimate of drug-likeness (QED) is 0.402. The summed E-state index contributed by atoms with van der Waals surface area (Å²) in [5.41, 5.74) is 2.89. The smallest absolute Gasteiger partial charge is 0.228 e. The van der Waals surface area contributed by atoms with Gasteiger partial charge in [0.05, 0.1) is 17.3 Å². The molecule has 5 rings (SSSR count). The van der Waals surface area contributed by atoms with Gasteiger partial charge in [0.15, 0.2) is 5.66 Å². The minimum atomic E-state index is -0.868. The average molecular weight is 494 g/mol. The number of ether oxygens (including phenoxy) is 1. The van der Waals surface area contributed by atoms with Crippen LogP contribution in [-0.2, 0) is 4.79 Å². The highest BCUT2D eigenvalue weighted by molar-refractivity contribution is 5.86. The Morgan fingerprint density at radius 3 is 2.44 bits per heavy atom. The summed E-state index contributed by atoms with van der Waals surface area (Å²) in [6, 6.07) is 11.0. The number of hydrogen-bond donors (Lipinski definition) is 3. The van der Waals surface area contributed by atoms with Crippen LogP contribution in [0, 0.1) is 31.5 Å². The number of benzene rings is 2. The summed E-state index contributed by atoms with van der Waals surface area (Å²) in [6.45, 7) is 4.39. The Kier molecular flexibility index (Phi) is 7.40. The molecule has 0 aromatic heterocycles. The lowest BCUT2D eigenvalue weighted by molar-refractivity contribution is -0.130. The molecule has 2 aromatic rings. The molecule has 5 nitrogen and oxygen atoms in total. The summed E-state index contributed by atoms with van der Waals surface area (Å²) in [5.74, 6) is 0.487. The predicted octanol–water partition coefficient (Wildman–Crippen LogP) is 6.70. The number of carbonyl (C=O) groups excluding carboxylic acids is 1. The number of fused-ring (bicyclic) bond motifs is 1. The van der Waals surface area contributed by atoms with Gasteiger partial charge in [-0.2, -0.15) is 0 Å². The topological polar surface area (TPSA) is 62.4 Å². The van der Waals surface area contributed by atoms with Gasteiger partial charge in [-0.3, -0.25) is 4.79 Å². The van der Waals surface area contributed by atoms with Crippen LogP contribution in [0.15, 0.2) is 36.4 Å². The van der Waals surface area contributed by atoms with Crippen molar-refractivity contribution in [2.45, 2.75) is 89.8 Å². The largest absolute Gasteiger partial charge is 0.489 e. The molecule has 0 radical (unpaired) electrons. The zero-order valence-corrected chi connectivity index (χ0v) is 21.7. The number of nitrogens with one attached hydrogen (secondary N) is 3. The van der Waals surface area contributed by atoms with Crippen LogP contribution in [0.2, 0.25) is 0 Å². The maximum atomic E-state index is 14.2. The first-order chi connectivity index (χ1) is 17.4. The van der Waals surface area contributed by atoms with Crippen molar-refractivity contribution in [1.29, 1.82) is 0 Å². The first-order valence-corrected chi connectivity index (χ1v) is 13.8. The third-order valence-corrected chi connectivity index (χ3v) is 8.59. The molecular formula is C30H40FN3O2. The molecule has 194 valence electrons. The lowest BCUT2D eigenvalue weighted by Crippen LogP contribution is -2.61. The normalized spacial score (nSPS) is 23.3. The van der Waals surface area contributed by atoms with Crippen molar-refractivity contribution in [2.75, 3.05) is 17.2 Å². The third kappa shape index (κ3) is 5.18. The van der Waals surface area contributed by atoms with Gasteiger partial charge in [-0.05, 0) is 80.8 Å². The molecule has 2 saturated carbocycles. The van der Waals surface area contributed by atoms with Gasteiger partial charge < -0.3 is 20.7 Å². The Morgan fingerprint density at radius 2 is 1.69 bits per heavy atom. The number of anilines is 2. The lowest BCUT2D eigenvalue weighted by atomic mass is 9.73. The minimum absolute atomic E-state index is 0.0895. The molecule has 0 saturated heterocycles. The van der Waals surface area contributed by atoms with Crippen LogP contribution in [0.1, 0.15) is 75.3 Å². The monoisotopic (exact) mass is 493 g/mol. The van der Waals surface area contributed by atoms with Crippen molar-refractivity contribution < 1.29 is 13.9 Å². The molecule has 2 fully saturated rings. The first kappa shape index (κ1) is 24.9. The van der Waals surface area contributed by atoms with E-state index in [9.17, 15) is 9.18 Å². The van der Waals surface area contributed by atoms with Crippen molar-refractivity contribution in [1.82, 2.24) is 5.32 Å². The molecule has 1 heterocycles. The molecule has 3 aliphatic rings. The number of aryl methyl sites for hydroxylation is 1. The minimum Gasteiger partial charge on any atom is -0.489 e. The van der Waals surface area contributed by atoms with E-state index in [0.717, 1.165) is 61.1 Å². The van der Waals surface area contributed by atoms with Gasteiger partial charge in [-0.25, -0.2) is 4.39 Å². The second-order valence-corrected chi connectivity index (χ2v) is 11.1. The van der Waals surface area contributed by atoms with Gasteiger partial charge >= 0.3 is 0 Å². The fourth-order valence-electron chi connectivity index (χ4n) is 6.48. The third-order valence-electron chi connectivity index (χ3n) is 8.59. The Balaban J connectivity index is 1.49. The fraction of sp³-hybridized carbons (Fsp3) is 0.567.